The molecule has 34 heavy (non-hydrogen) atoms. The summed E-state index contributed by atoms with van der Waals surface area (Å²) in [5.41, 5.74) is 5.08. The minimum atomic E-state index is -0.886. The van der Waals surface area contributed by atoms with E-state index in [2.05, 4.69) is 43.4 Å². The average Bonchev–Trinajstić information content (AvgIpc) is 3.11. The summed E-state index contributed by atoms with van der Waals surface area (Å²) >= 11 is 0. The normalized spacial score (nSPS) is 16.4. The van der Waals surface area contributed by atoms with Crippen molar-refractivity contribution in [1.82, 2.24) is 9.88 Å². The number of amides is 1. The number of hydrogen-bond donors (Lipinski definition) is 2. The third-order valence-corrected chi connectivity index (χ3v) is 7.00. The van der Waals surface area contributed by atoms with Gasteiger partial charge in [-0.15, -0.1) is 0 Å². The number of carboxylic acid groups (broad SMARTS) is 1. The molecule has 0 bridgehead atoms. The van der Waals surface area contributed by atoms with Crippen molar-refractivity contribution in [2.24, 2.45) is 0 Å². The predicted octanol–water partition coefficient (Wildman–Crippen LogP) is 5.55. The van der Waals surface area contributed by atoms with Crippen LogP contribution in [0.4, 0.5) is 4.39 Å². The minimum Gasteiger partial charge on any atom is -0.480 e. The number of carbonyl (C=O) groups is 2. The van der Waals surface area contributed by atoms with Crippen molar-refractivity contribution in [2.75, 3.05) is 0 Å². The van der Waals surface area contributed by atoms with Crippen LogP contribution in [0.25, 0.3) is 10.9 Å². The molecule has 5 nitrogen and oxygen atoms in total. The average molecular weight is 465 g/mol. The Kier molecular flexibility index (Phi) is 7.05. The molecular formula is C28H33FN2O3. The van der Waals surface area contributed by atoms with Crippen molar-refractivity contribution >= 4 is 22.8 Å². The van der Waals surface area contributed by atoms with Gasteiger partial charge in [0.15, 0.2) is 0 Å². The second kappa shape index (κ2) is 10.00. The van der Waals surface area contributed by atoms with Crippen molar-refractivity contribution in [1.29, 1.82) is 0 Å². The van der Waals surface area contributed by atoms with Crippen LogP contribution in [0, 0.1) is 5.82 Å². The van der Waals surface area contributed by atoms with E-state index in [1.807, 2.05) is 11.5 Å². The molecule has 1 heterocycles. The first-order valence-electron chi connectivity index (χ1n) is 12.2. The summed E-state index contributed by atoms with van der Waals surface area (Å²) in [5, 5.41) is 13.7. The van der Waals surface area contributed by atoms with Gasteiger partial charge in [0.1, 0.15) is 11.9 Å². The maximum Gasteiger partial charge on any atom is 0.326 e. The van der Waals surface area contributed by atoms with Gasteiger partial charge >= 0.3 is 5.97 Å². The molecule has 1 aliphatic carbocycles. The van der Waals surface area contributed by atoms with Gasteiger partial charge < -0.3 is 15.0 Å². The van der Waals surface area contributed by atoms with E-state index in [9.17, 15) is 19.1 Å². The molecule has 0 fully saturated rings. The number of aryl methyl sites for hydroxylation is 1. The summed E-state index contributed by atoms with van der Waals surface area (Å²) in [4.78, 5) is 24.6. The van der Waals surface area contributed by atoms with Crippen molar-refractivity contribution in [3.63, 3.8) is 0 Å². The van der Waals surface area contributed by atoms with Crippen molar-refractivity contribution in [2.45, 2.75) is 77.3 Å². The number of nitrogens with one attached hydrogen (secondary N) is 1. The van der Waals surface area contributed by atoms with E-state index in [1.54, 1.807) is 6.07 Å². The lowest BCUT2D eigenvalue weighted by Gasteiger charge is -2.26. The van der Waals surface area contributed by atoms with Gasteiger partial charge in [0.2, 0.25) is 5.91 Å². The highest BCUT2D eigenvalue weighted by molar-refractivity contribution is 5.88. The molecule has 0 saturated heterocycles. The van der Waals surface area contributed by atoms with Gasteiger partial charge in [-0.05, 0) is 72.9 Å². The maximum atomic E-state index is 14.1. The molecule has 3 aromatic rings. The van der Waals surface area contributed by atoms with Gasteiger partial charge in [0, 0.05) is 29.1 Å². The zero-order valence-electron chi connectivity index (χ0n) is 20.1. The summed E-state index contributed by atoms with van der Waals surface area (Å²) in [6.07, 6.45) is 3.50. The molecule has 0 radical (unpaired) electrons. The fourth-order valence-electron chi connectivity index (χ4n) is 5.14. The second-order valence-corrected chi connectivity index (χ2v) is 9.62. The Morgan fingerprint density at radius 1 is 1.18 bits per heavy atom. The number of hydrogen-bond acceptors (Lipinski definition) is 2. The first-order chi connectivity index (χ1) is 16.3. The molecule has 2 atom stereocenters. The highest BCUT2D eigenvalue weighted by Gasteiger charge is 2.30. The minimum absolute atomic E-state index is 0.00766. The van der Waals surface area contributed by atoms with Crippen LogP contribution >= 0.6 is 0 Å². The molecule has 6 heteroatoms. The highest BCUT2D eigenvalue weighted by Crippen LogP contribution is 2.36. The Morgan fingerprint density at radius 3 is 2.56 bits per heavy atom. The van der Waals surface area contributed by atoms with Crippen LogP contribution in [0.3, 0.4) is 0 Å². The monoisotopic (exact) mass is 464 g/mol. The van der Waals surface area contributed by atoms with Crippen LogP contribution in [0.15, 0.2) is 42.5 Å². The van der Waals surface area contributed by atoms with Crippen LogP contribution < -0.4 is 5.32 Å². The van der Waals surface area contributed by atoms with E-state index in [0.29, 0.717) is 38.0 Å². The van der Waals surface area contributed by atoms with Gasteiger partial charge in [0.25, 0.3) is 0 Å². The molecule has 4 rings (SSSR count). The van der Waals surface area contributed by atoms with Crippen LogP contribution in [-0.2, 0) is 28.9 Å². The third kappa shape index (κ3) is 4.86. The molecular weight excluding hydrogens is 431 g/mol. The number of carboxylic acids is 1. The standard InChI is InChI=1S/C28H33FN2O3/c1-4-24(28(33)34)31-25-12-10-20(29)15-22(25)23-16-21(11-13-26(23)31)30-27(32)14-7-18-5-8-19(9-6-18)17(2)3/h5-6,8-10,12,15,17,21,24H,4,7,11,13-14,16H2,1-3H3,(H,30,32)(H,33,34)/t21-,24?/m0/s1. The Hall–Kier alpha value is -3.15. The zero-order valence-corrected chi connectivity index (χ0v) is 20.1. The van der Waals surface area contributed by atoms with Crippen LogP contribution in [0.1, 0.15) is 74.4 Å². The van der Waals surface area contributed by atoms with Gasteiger partial charge in [-0.3, -0.25) is 4.79 Å². The quantitative estimate of drug-likeness (QED) is 0.459. The molecule has 1 aromatic heterocycles. The first-order valence-corrected chi connectivity index (χ1v) is 12.2. The number of aliphatic carboxylic acids is 1. The number of rotatable bonds is 8. The van der Waals surface area contributed by atoms with Gasteiger partial charge in [0.05, 0.1) is 0 Å². The van der Waals surface area contributed by atoms with E-state index in [-0.39, 0.29) is 17.8 Å². The maximum absolute atomic E-state index is 14.1. The van der Waals surface area contributed by atoms with Gasteiger partial charge in [-0.25, -0.2) is 9.18 Å². The largest absolute Gasteiger partial charge is 0.480 e. The lowest BCUT2D eigenvalue weighted by molar-refractivity contribution is -0.141. The molecule has 2 N–H and O–H groups in total. The molecule has 1 unspecified atom stereocenters. The van der Waals surface area contributed by atoms with Crippen LogP contribution in [0.5, 0.6) is 0 Å². The van der Waals surface area contributed by atoms with Crippen molar-refractivity contribution in [3.8, 4) is 0 Å². The van der Waals surface area contributed by atoms with Gasteiger partial charge in [-0.1, -0.05) is 45.0 Å². The van der Waals surface area contributed by atoms with Crippen LogP contribution in [0.2, 0.25) is 0 Å². The third-order valence-electron chi connectivity index (χ3n) is 7.00. The number of halogens is 1. The van der Waals surface area contributed by atoms with E-state index in [4.69, 9.17) is 0 Å². The highest BCUT2D eigenvalue weighted by atomic mass is 19.1. The summed E-state index contributed by atoms with van der Waals surface area (Å²) < 4.78 is 16.0. The summed E-state index contributed by atoms with van der Waals surface area (Å²) in [6.45, 7) is 6.17. The molecule has 2 aromatic carbocycles. The lowest BCUT2D eigenvalue weighted by atomic mass is 9.91. The van der Waals surface area contributed by atoms with Gasteiger partial charge in [-0.2, -0.15) is 0 Å². The number of benzene rings is 2. The number of nitrogens with zero attached hydrogens (tertiary/aromatic N) is 1. The molecule has 1 amide bonds. The number of fused-ring (bicyclic) bond motifs is 3. The summed E-state index contributed by atoms with van der Waals surface area (Å²) in [7, 11) is 0. The SMILES string of the molecule is CCC(C(=O)O)n1c2c(c3cc(F)ccc31)C[C@@H](NC(=O)CCc1ccc(C(C)C)cc1)CC2. The molecule has 0 saturated carbocycles. The molecule has 1 aliphatic rings. The van der Waals surface area contributed by atoms with E-state index in [0.717, 1.165) is 34.1 Å². The van der Waals surface area contributed by atoms with E-state index < -0.39 is 12.0 Å². The Balaban J connectivity index is 1.48. The summed E-state index contributed by atoms with van der Waals surface area (Å²) in [5.74, 6) is -0.738. The van der Waals surface area contributed by atoms with Crippen molar-refractivity contribution < 1.29 is 19.1 Å². The number of carbonyl (C=O) groups excluding carboxylic acids is 1. The Bertz CT molecular complexity index is 1200. The molecule has 180 valence electrons. The fourth-order valence-corrected chi connectivity index (χ4v) is 5.14. The predicted molar refractivity (Wildman–Crippen MR) is 132 cm³/mol. The number of aromatic nitrogens is 1. The lowest BCUT2D eigenvalue weighted by Crippen LogP contribution is -2.39. The van der Waals surface area contributed by atoms with E-state index in [1.165, 1.54) is 17.7 Å². The van der Waals surface area contributed by atoms with Crippen LogP contribution in [-0.4, -0.2) is 27.6 Å². The first kappa shape index (κ1) is 24.0. The second-order valence-electron chi connectivity index (χ2n) is 9.62. The zero-order chi connectivity index (χ0) is 24.4. The summed E-state index contributed by atoms with van der Waals surface area (Å²) in [6, 6.07) is 12.2. The van der Waals surface area contributed by atoms with E-state index >= 15 is 0 Å². The smallest absolute Gasteiger partial charge is 0.326 e. The topological polar surface area (TPSA) is 71.3 Å². The molecule has 0 spiro atoms. The Labute approximate surface area is 200 Å². The van der Waals surface area contributed by atoms with Crippen molar-refractivity contribution in [3.05, 3.63) is 70.7 Å². The molecule has 0 aliphatic heterocycles. The Morgan fingerprint density at radius 2 is 1.91 bits per heavy atom. The fraction of sp³-hybridized carbons (Fsp3) is 0.429.